The molecule has 3 aromatic rings. The zero-order valence-corrected chi connectivity index (χ0v) is 25.8. The molecule has 2 unspecified atom stereocenters. The van der Waals surface area contributed by atoms with Crippen molar-refractivity contribution in [3.63, 3.8) is 0 Å². The van der Waals surface area contributed by atoms with E-state index in [1.165, 1.54) is 21.9 Å². The van der Waals surface area contributed by atoms with E-state index in [-0.39, 0.29) is 42.7 Å². The normalized spacial score (nSPS) is 20.3. The Morgan fingerprint density at radius 1 is 1.02 bits per heavy atom. The van der Waals surface area contributed by atoms with Crippen LogP contribution in [0.3, 0.4) is 0 Å². The molecule has 2 amide bonds. The Labute approximate surface area is 256 Å². The number of hydrogen-bond donors (Lipinski definition) is 0. The molecule has 2 saturated heterocycles. The molecule has 3 atom stereocenters. The second-order valence-electron chi connectivity index (χ2n) is 12.8. The maximum Gasteiger partial charge on any atom is 0.411 e. The van der Waals surface area contributed by atoms with Crippen molar-refractivity contribution >= 4 is 17.8 Å². The van der Waals surface area contributed by atoms with E-state index in [1.807, 2.05) is 31.2 Å². The predicted octanol–water partition coefficient (Wildman–Crippen LogP) is 5.90. The van der Waals surface area contributed by atoms with E-state index >= 15 is 4.39 Å². The Hall–Kier alpha value is -4.15. The van der Waals surface area contributed by atoms with Crippen molar-refractivity contribution < 1.29 is 27.9 Å². The molecule has 11 heteroatoms. The van der Waals surface area contributed by atoms with Gasteiger partial charge in [0, 0.05) is 49.7 Å². The molecular weight excluding hydrogens is 568 g/mol. The molecule has 2 aromatic carbocycles. The Morgan fingerprint density at radius 3 is 2.45 bits per heavy atom. The van der Waals surface area contributed by atoms with Crippen LogP contribution >= 0.6 is 0 Å². The number of ether oxygens (including phenoxy) is 1. The number of nitrogens with zero attached hydrogens (tertiary/aromatic N) is 5. The highest BCUT2D eigenvalue weighted by molar-refractivity contribution is 5.96. The number of likely N-dealkylation sites (tertiary alicyclic amines) is 2. The third-order valence-corrected chi connectivity index (χ3v) is 8.29. The van der Waals surface area contributed by atoms with E-state index in [2.05, 4.69) is 10.3 Å². The van der Waals surface area contributed by atoms with Crippen molar-refractivity contribution in [2.75, 3.05) is 13.1 Å². The molecule has 0 saturated carbocycles. The van der Waals surface area contributed by atoms with Crippen LogP contribution in [0, 0.1) is 25.5 Å². The minimum absolute atomic E-state index is 0.00355. The maximum absolute atomic E-state index is 15.1. The zero-order chi connectivity index (χ0) is 31.8. The van der Waals surface area contributed by atoms with E-state index in [0.29, 0.717) is 42.6 Å². The lowest BCUT2D eigenvalue weighted by atomic mass is 9.99. The fraction of sp³-hybridized carbons (Fsp3) is 0.485. The Bertz CT molecular complexity index is 1550. The molecule has 44 heavy (non-hydrogen) atoms. The number of Topliss-reactive ketones (excluding diaryl/α,β-unsaturated/α-hetero) is 1. The Morgan fingerprint density at radius 2 is 1.75 bits per heavy atom. The molecule has 9 nitrogen and oxygen atoms in total. The number of ketones is 1. The van der Waals surface area contributed by atoms with Gasteiger partial charge in [0.25, 0.3) is 0 Å². The van der Waals surface area contributed by atoms with Crippen LogP contribution in [0.4, 0.5) is 13.6 Å². The summed E-state index contributed by atoms with van der Waals surface area (Å²) in [5, 5.41) is 8.51. The number of benzene rings is 2. The largest absolute Gasteiger partial charge is 0.444 e. The average Bonchev–Trinajstić information content (AvgIpc) is 3.73. The summed E-state index contributed by atoms with van der Waals surface area (Å²) in [6, 6.07) is 7.94. The van der Waals surface area contributed by atoms with Crippen molar-refractivity contribution in [2.45, 2.75) is 90.4 Å². The van der Waals surface area contributed by atoms with Gasteiger partial charge in [0.05, 0.1) is 17.8 Å². The van der Waals surface area contributed by atoms with E-state index in [0.717, 1.165) is 5.56 Å². The number of hydrogen-bond acceptors (Lipinski definition) is 6. The summed E-state index contributed by atoms with van der Waals surface area (Å²) in [7, 11) is 0. The van der Waals surface area contributed by atoms with Crippen molar-refractivity contribution in [1.29, 1.82) is 0 Å². The number of aromatic nitrogens is 3. The SMILES string of the molecule is Cc1ccc(C(=O)CCc2cn(C3C[C@H](C(=O)N4CCCC4c4c(F)ccc(C)c4F)N(C(=O)OC(C)(C)C)C3)nn2)cc1. The number of rotatable bonds is 7. The van der Waals surface area contributed by atoms with Crippen LogP contribution in [0.5, 0.6) is 0 Å². The monoisotopic (exact) mass is 607 g/mol. The van der Waals surface area contributed by atoms with Gasteiger partial charge in [-0.2, -0.15) is 0 Å². The van der Waals surface area contributed by atoms with E-state index < -0.39 is 35.4 Å². The highest BCUT2D eigenvalue weighted by Crippen LogP contribution is 2.39. The molecule has 3 heterocycles. The number of carbonyl (C=O) groups is 3. The van der Waals surface area contributed by atoms with Crippen LogP contribution in [-0.4, -0.2) is 67.3 Å². The van der Waals surface area contributed by atoms with E-state index in [4.69, 9.17) is 4.74 Å². The minimum atomic E-state index is -0.915. The molecule has 0 aliphatic carbocycles. The van der Waals surface area contributed by atoms with Gasteiger partial charge in [-0.25, -0.2) is 18.3 Å². The van der Waals surface area contributed by atoms with Crippen LogP contribution in [0.25, 0.3) is 0 Å². The van der Waals surface area contributed by atoms with Gasteiger partial charge >= 0.3 is 6.09 Å². The average molecular weight is 608 g/mol. The molecular formula is C33H39F2N5O4. The molecule has 5 rings (SSSR count). The van der Waals surface area contributed by atoms with Gasteiger partial charge in [0.15, 0.2) is 5.78 Å². The maximum atomic E-state index is 15.1. The smallest absolute Gasteiger partial charge is 0.411 e. The van der Waals surface area contributed by atoms with Crippen LogP contribution in [-0.2, 0) is 16.0 Å². The molecule has 2 aliphatic heterocycles. The third kappa shape index (κ3) is 6.66. The predicted molar refractivity (Wildman–Crippen MR) is 159 cm³/mol. The summed E-state index contributed by atoms with van der Waals surface area (Å²) in [4.78, 5) is 43.0. The van der Waals surface area contributed by atoms with Gasteiger partial charge in [0.1, 0.15) is 23.3 Å². The molecule has 2 aliphatic rings. The molecule has 0 N–H and O–H groups in total. The minimum Gasteiger partial charge on any atom is -0.444 e. The Balaban J connectivity index is 1.34. The molecule has 1 aromatic heterocycles. The van der Waals surface area contributed by atoms with Crippen molar-refractivity contribution in [3.8, 4) is 0 Å². The lowest BCUT2D eigenvalue weighted by Gasteiger charge is -2.32. The second kappa shape index (κ2) is 12.5. The first-order valence-corrected chi connectivity index (χ1v) is 15.1. The summed E-state index contributed by atoms with van der Waals surface area (Å²) in [6.45, 7) is 9.23. The van der Waals surface area contributed by atoms with Crippen LogP contribution in [0.1, 0.15) is 91.3 Å². The molecule has 0 spiro atoms. The second-order valence-corrected chi connectivity index (χ2v) is 12.8. The first kappa shape index (κ1) is 31.3. The van der Waals surface area contributed by atoms with Crippen LogP contribution in [0.15, 0.2) is 42.6 Å². The molecule has 2 fully saturated rings. The molecule has 0 radical (unpaired) electrons. The summed E-state index contributed by atoms with van der Waals surface area (Å²) in [5.74, 6) is -1.73. The Kier molecular flexibility index (Phi) is 8.85. The number of carbonyl (C=O) groups excluding carboxylic acids is 3. The highest BCUT2D eigenvalue weighted by atomic mass is 19.1. The first-order chi connectivity index (χ1) is 20.8. The quantitative estimate of drug-likeness (QED) is 0.310. The number of amides is 2. The van der Waals surface area contributed by atoms with E-state index in [9.17, 15) is 18.8 Å². The topological polar surface area (TPSA) is 97.6 Å². The lowest BCUT2D eigenvalue weighted by molar-refractivity contribution is -0.137. The van der Waals surface area contributed by atoms with Gasteiger partial charge in [0.2, 0.25) is 5.91 Å². The molecule has 234 valence electrons. The van der Waals surface area contributed by atoms with Crippen molar-refractivity contribution in [3.05, 3.63) is 82.2 Å². The highest BCUT2D eigenvalue weighted by Gasteiger charge is 2.46. The summed E-state index contributed by atoms with van der Waals surface area (Å²) >= 11 is 0. The number of halogens is 2. The van der Waals surface area contributed by atoms with Crippen molar-refractivity contribution in [1.82, 2.24) is 24.8 Å². The lowest BCUT2D eigenvalue weighted by Crippen LogP contribution is -2.49. The van der Waals surface area contributed by atoms with Crippen LogP contribution in [0.2, 0.25) is 0 Å². The van der Waals surface area contributed by atoms with Gasteiger partial charge in [-0.15, -0.1) is 5.10 Å². The van der Waals surface area contributed by atoms with Gasteiger partial charge in [-0.1, -0.05) is 41.1 Å². The standard InChI is InChI=1S/C33H39F2N5O4/c1-20-8-11-22(12-9-20)28(41)15-13-23-18-40(37-36-23)24-17-27(39(19-24)32(43)44-33(3,4)5)31(42)38-16-6-7-26(38)29-25(34)14-10-21(2)30(29)35/h8-12,14,18,24,26-27H,6-7,13,15-17,19H2,1-5H3/t24?,26?,27-/m1/s1. The van der Waals surface area contributed by atoms with E-state index in [1.54, 1.807) is 38.6 Å². The van der Waals surface area contributed by atoms with Crippen molar-refractivity contribution in [2.24, 2.45) is 0 Å². The summed E-state index contributed by atoms with van der Waals surface area (Å²) < 4.78 is 37.3. The summed E-state index contributed by atoms with van der Waals surface area (Å²) in [6.07, 6.45) is 2.97. The molecule has 0 bridgehead atoms. The zero-order valence-electron chi connectivity index (χ0n) is 25.8. The van der Waals surface area contributed by atoms with Crippen LogP contribution < -0.4 is 0 Å². The first-order valence-electron chi connectivity index (χ1n) is 15.1. The fourth-order valence-corrected chi connectivity index (χ4v) is 6.00. The van der Waals surface area contributed by atoms with Gasteiger partial charge < -0.3 is 9.64 Å². The van der Waals surface area contributed by atoms with Gasteiger partial charge in [-0.3, -0.25) is 14.5 Å². The fourth-order valence-electron chi connectivity index (χ4n) is 6.00. The third-order valence-electron chi connectivity index (χ3n) is 8.29. The summed E-state index contributed by atoms with van der Waals surface area (Å²) in [5.41, 5.74) is 1.73. The van der Waals surface area contributed by atoms with Gasteiger partial charge in [-0.05, 0) is 59.1 Å². The number of aryl methyl sites for hydroxylation is 3.